The fourth-order valence-electron chi connectivity index (χ4n) is 2.93. The Balaban J connectivity index is 2.45. The van der Waals surface area contributed by atoms with E-state index in [0.717, 1.165) is 31.4 Å². The number of rotatable bonds is 10. The molecule has 0 saturated carbocycles. The third-order valence-corrected chi connectivity index (χ3v) is 6.02. The number of unbranched alkanes of at least 4 members (excludes halogenated alkanes) is 1. The second-order valence-corrected chi connectivity index (χ2v) is 8.26. The van der Waals surface area contributed by atoms with Crippen molar-refractivity contribution in [3.8, 4) is 0 Å². The molecular weight excluding hydrogens is 376 g/mol. The highest BCUT2D eigenvalue weighted by atomic mass is 32.2. The number of hydrogen-bond donors (Lipinski definition) is 2. The van der Waals surface area contributed by atoms with Crippen LogP contribution in [-0.4, -0.2) is 32.6 Å². The molecule has 0 fully saturated rings. The number of hydrogen-bond acceptors (Lipinski definition) is 4. The summed E-state index contributed by atoms with van der Waals surface area (Å²) in [5.74, 6) is -1.10. The van der Waals surface area contributed by atoms with Crippen molar-refractivity contribution < 1.29 is 18.3 Å². The SMILES string of the molecule is CCCCN(CC)c1ccc(C(=O)O)cc1NS(=O)(=O)c1ccc(CC)cc1. The van der Waals surface area contributed by atoms with Crippen LogP contribution in [0.25, 0.3) is 0 Å². The van der Waals surface area contributed by atoms with Crippen LogP contribution in [-0.2, 0) is 16.4 Å². The average molecular weight is 405 g/mol. The van der Waals surface area contributed by atoms with E-state index in [4.69, 9.17) is 0 Å². The van der Waals surface area contributed by atoms with E-state index in [-0.39, 0.29) is 16.1 Å². The Morgan fingerprint density at radius 3 is 2.29 bits per heavy atom. The molecule has 2 aromatic carbocycles. The molecule has 2 N–H and O–H groups in total. The van der Waals surface area contributed by atoms with Crippen LogP contribution in [0, 0.1) is 0 Å². The lowest BCUT2D eigenvalue weighted by Crippen LogP contribution is -2.26. The summed E-state index contributed by atoms with van der Waals surface area (Å²) in [6.07, 6.45) is 2.79. The molecule has 0 aromatic heterocycles. The van der Waals surface area contributed by atoms with Gasteiger partial charge in [0.25, 0.3) is 10.0 Å². The molecule has 0 aliphatic rings. The van der Waals surface area contributed by atoms with Gasteiger partial charge in [-0.25, -0.2) is 13.2 Å². The summed E-state index contributed by atoms with van der Waals surface area (Å²) >= 11 is 0. The van der Waals surface area contributed by atoms with Crippen molar-refractivity contribution in [1.29, 1.82) is 0 Å². The molecule has 6 nitrogen and oxygen atoms in total. The third kappa shape index (κ3) is 5.25. The highest BCUT2D eigenvalue weighted by Crippen LogP contribution is 2.30. The second kappa shape index (κ2) is 9.59. The first kappa shape index (κ1) is 21.8. The first-order valence-corrected chi connectivity index (χ1v) is 11.0. The van der Waals surface area contributed by atoms with Gasteiger partial charge in [0, 0.05) is 13.1 Å². The van der Waals surface area contributed by atoms with Gasteiger partial charge in [0.15, 0.2) is 0 Å². The summed E-state index contributed by atoms with van der Waals surface area (Å²) in [4.78, 5) is 13.6. The van der Waals surface area contributed by atoms with Gasteiger partial charge in [-0.05, 0) is 55.7 Å². The molecule has 0 unspecified atom stereocenters. The van der Waals surface area contributed by atoms with Crippen LogP contribution >= 0.6 is 0 Å². The zero-order chi connectivity index (χ0) is 20.7. The minimum absolute atomic E-state index is 0.0364. The van der Waals surface area contributed by atoms with Crippen molar-refractivity contribution in [1.82, 2.24) is 0 Å². The molecule has 0 radical (unpaired) electrons. The van der Waals surface area contributed by atoms with Crippen molar-refractivity contribution in [3.05, 3.63) is 53.6 Å². The van der Waals surface area contributed by atoms with Gasteiger partial charge in [-0.2, -0.15) is 0 Å². The third-order valence-electron chi connectivity index (χ3n) is 4.63. The quantitative estimate of drug-likeness (QED) is 0.614. The Hall–Kier alpha value is -2.54. The van der Waals surface area contributed by atoms with Crippen molar-refractivity contribution in [2.75, 3.05) is 22.7 Å². The molecule has 2 aromatic rings. The van der Waals surface area contributed by atoms with Gasteiger partial charge in [-0.1, -0.05) is 32.4 Å². The standard InChI is InChI=1S/C21H28N2O4S/c1-4-7-14-23(6-3)20-13-10-17(21(24)25)15-19(20)22-28(26,27)18-11-8-16(5-2)9-12-18/h8-13,15,22H,4-7,14H2,1-3H3,(H,24,25). The molecule has 0 heterocycles. The number of aromatic carboxylic acids is 1. The number of carboxylic acid groups (broad SMARTS) is 1. The van der Waals surface area contributed by atoms with E-state index in [1.54, 1.807) is 30.3 Å². The van der Waals surface area contributed by atoms with Gasteiger partial charge in [0.1, 0.15) is 0 Å². The van der Waals surface area contributed by atoms with E-state index >= 15 is 0 Å². The lowest BCUT2D eigenvalue weighted by Gasteiger charge is -2.26. The van der Waals surface area contributed by atoms with Crippen LogP contribution in [0.5, 0.6) is 0 Å². The average Bonchev–Trinajstić information content (AvgIpc) is 2.69. The number of benzene rings is 2. The maximum Gasteiger partial charge on any atom is 0.335 e. The minimum Gasteiger partial charge on any atom is -0.478 e. The summed E-state index contributed by atoms with van der Waals surface area (Å²) in [5.41, 5.74) is 2.03. The van der Waals surface area contributed by atoms with E-state index < -0.39 is 16.0 Å². The summed E-state index contributed by atoms with van der Waals surface area (Å²) < 4.78 is 28.4. The topological polar surface area (TPSA) is 86.7 Å². The fourth-order valence-corrected chi connectivity index (χ4v) is 4.00. The van der Waals surface area contributed by atoms with Crippen LogP contribution < -0.4 is 9.62 Å². The molecule has 28 heavy (non-hydrogen) atoms. The fraction of sp³-hybridized carbons (Fsp3) is 0.381. The Labute approximate surface area is 167 Å². The molecule has 0 bridgehead atoms. The second-order valence-electron chi connectivity index (χ2n) is 6.57. The summed E-state index contributed by atoms with van der Waals surface area (Å²) in [6, 6.07) is 11.2. The van der Waals surface area contributed by atoms with Crippen molar-refractivity contribution >= 4 is 27.4 Å². The van der Waals surface area contributed by atoms with Crippen molar-refractivity contribution in [2.45, 2.75) is 44.9 Å². The van der Waals surface area contributed by atoms with Gasteiger partial charge in [0.2, 0.25) is 0 Å². The number of carbonyl (C=O) groups is 1. The number of nitrogens with zero attached hydrogens (tertiary/aromatic N) is 1. The van der Waals surface area contributed by atoms with E-state index in [9.17, 15) is 18.3 Å². The maximum absolute atomic E-state index is 12.9. The van der Waals surface area contributed by atoms with Crippen LogP contribution in [0.15, 0.2) is 47.4 Å². The zero-order valence-electron chi connectivity index (χ0n) is 16.6. The molecular formula is C21H28N2O4S. The largest absolute Gasteiger partial charge is 0.478 e. The van der Waals surface area contributed by atoms with Crippen LogP contribution in [0.3, 0.4) is 0 Å². The Morgan fingerprint density at radius 2 is 1.75 bits per heavy atom. The normalized spacial score (nSPS) is 11.2. The molecule has 0 aliphatic heterocycles. The molecule has 152 valence electrons. The van der Waals surface area contributed by atoms with Crippen LogP contribution in [0.4, 0.5) is 11.4 Å². The lowest BCUT2D eigenvalue weighted by molar-refractivity contribution is 0.0697. The lowest BCUT2D eigenvalue weighted by atomic mass is 10.1. The number of anilines is 2. The van der Waals surface area contributed by atoms with Gasteiger partial charge in [-0.15, -0.1) is 0 Å². The summed E-state index contributed by atoms with van der Waals surface area (Å²) in [6.45, 7) is 7.53. The predicted molar refractivity (Wildman–Crippen MR) is 113 cm³/mol. The Morgan fingerprint density at radius 1 is 1.07 bits per heavy atom. The number of nitrogens with one attached hydrogen (secondary N) is 1. The maximum atomic E-state index is 12.9. The molecule has 0 saturated heterocycles. The monoisotopic (exact) mass is 404 g/mol. The highest BCUT2D eigenvalue weighted by Gasteiger charge is 2.20. The smallest absolute Gasteiger partial charge is 0.335 e. The number of aryl methyl sites for hydroxylation is 1. The molecule has 0 amide bonds. The van der Waals surface area contributed by atoms with Gasteiger partial charge in [-0.3, -0.25) is 4.72 Å². The minimum atomic E-state index is -3.84. The first-order chi connectivity index (χ1) is 13.3. The summed E-state index contributed by atoms with van der Waals surface area (Å²) in [7, 11) is -3.84. The number of carboxylic acids is 1. The highest BCUT2D eigenvalue weighted by molar-refractivity contribution is 7.92. The number of sulfonamides is 1. The van der Waals surface area contributed by atoms with Gasteiger partial charge in [0.05, 0.1) is 21.8 Å². The van der Waals surface area contributed by atoms with E-state index in [1.807, 2.05) is 18.7 Å². The molecule has 0 atom stereocenters. The van der Waals surface area contributed by atoms with Gasteiger partial charge < -0.3 is 10.0 Å². The molecule has 2 rings (SSSR count). The van der Waals surface area contributed by atoms with E-state index in [2.05, 4.69) is 11.6 Å². The van der Waals surface area contributed by atoms with Crippen molar-refractivity contribution in [3.63, 3.8) is 0 Å². The van der Waals surface area contributed by atoms with Crippen molar-refractivity contribution in [2.24, 2.45) is 0 Å². The predicted octanol–water partition coefficient (Wildman–Crippen LogP) is 4.37. The van der Waals surface area contributed by atoms with Gasteiger partial charge >= 0.3 is 5.97 Å². The zero-order valence-corrected chi connectivity index (χ0v) is 17.4. The Bertz CT molecular complexity index is 909. The van der Waals surface area contributed by atoms with Crippen LogP contribution in [0.1, 0.15) is 49.5 Å². The first-order valence-electron chi connectivity index (χ1n) is 9.56. The van der Waals surface area contributed by atoms with E-state index in [1.165, 1.54) is 12.1 Å². The molecule has 7 heteroatoms. The Kier molecular flexibility index (Phi) is 7.45. The van der Waals surface area contributed by atoms with E-state index in [0.29, 0.717) is 12.2 Å². The summed E-state index contributed by atoms with van der Waals surface area (Å²) in [5, 5.41) is 9.32. The molecule has 0 spiro atoms. The van der Waals surface area contributed by atoms with Crippen LogP contribution in [0.2, 0.25) is 0 Å². The molecule has 0 aliphatic carbocycles.